The van der Waals surface area contributed by atoms with E-state index < -0.39 is 17.6 Å². The monoisotopic (exact) mass is 380 g/mol. The number of carbonyl (C=O) groups is 1. The number of aromatic hydroxyl groups is 1. The highest BCUT2D eigenvalue weighted by Crippen LogP contribution is 2.33. The molecular formula is C17H11F3N2O3S. The van der Waals surface area contributed by atoms with Crippen LogP contribution in [0.2, 0.25) is 0 Å². The number of carbonyl (C=O) groups excluding carboxylic acids is 1. The quantitative estimate of drug-likeness (QED) is 0.675. The minimum atomic E-state index is -4.45. The minimum absolute atomic E-state index is 0.0454. The highest BCUT2D eigenvalue weighted by molar-refractivity contribution is 7.04. The summed E-state index contributed by atoms with van der Waals surface area (Å²) >= 11 is 0.951. The maximum atomic E-state index is 12.7. The van der Waals surface area contributed by atoms with Crippen LogP contribution in [0.25, 0.3) is 0 Å². The van der Waals surface area contributed by atoms with E-state index in [-0.39, 0.29) is 17.2 Å². The second-order valence-corrected chi connectivity index (χ2v) is 5.78. The number of hydrogen-bond acceptors (Lipinski definition) is 5. The normalized spacial score (nSPS) is 11.2. The molecule has 0 fully saturated rings. The number of hydrogen-bond donors (Lipinski definition) is 2. The summed E-state index contributed by atoms with van der Waals surface area (Å²) in [5.41, 5.74) is -0.472. The van der Waals surface area contributed by atoms with Crippen molar-refractivity contribution in [1.82, 2.24) is 4.37 Å². The maximum absolute atomic E-state index is 12.7. The number of alkyl halides is 3. The van der Waals surface area contributed by atoms with Gasteiger partial charge in [-0.15, -0.1) is 0 Å². The first-order chi connectivity index (χ1) is 12.3. The third-order valence-electron chi connectivity index (χ3n) is 3.28. The smallest absolute Gasteiger partial charge is 0.416 e. The Labute approximate surface area is 149 Å². The lowest BCUT2D eigenvalue weighted by molar-refractivity contribution is -0.137. The predicted octanol–water partition coefficient (Wildman–Crippen LogP) is 4.91. The lowest BCUT2D eigenvalue weighted by atomic mass is 10.2. The molecule has 2 aromatic carbocycles. The van der Waals surface area contributed by atoms with E-state index in [1.54, 1.807) is 0 Å². The Balaban J connectivity index is 1.68. The number of amides is 1. The van der Waals surface area contributed by atoms with Crippen LogP contribution in [0.1, 0.15) is 16.1 Å². The first-order valence-corrected chi connectivity index (χ1v) is 8.06. The first kappa shape index (κ1) is 17.7. The molecule has 0 saturated carbocycles. The van der Waals surface area contributed by atoms with Crippen molar-refractivity contribution in [3.63, 3.8) is 0 Å². The second-order valence-electron chi connectivity index (χ2n) is 5.15. The number of aromatic nitrogens is 1. The first-order valence-electron chi connectivity index (χ1n) is 7.23. The fourth-order valence-electron chi connectivity index (χ4n) is 2.06. The Hall–Kier alpha value is -3.07. The number of anilines is 1. The van der Waals surface area contributed by atoms with Crippen molar-refractivity contribution >= 4 is 23.1 Å². The Morgan fingerprint density at radius 2 is 1.85 bits per heavy atom. The van der Waals surface area contributed by atoms with Gasteiger partial charge in [0.2, 0.25) is 0 Å². The van der Waals surface area contributed by atoms with Gasteiger partial charge in [0.15, 0.2) is 11.4 Å². The zero-order chi connectivity index (χ0) is 18.7. The molecule has 0 spiro atoms. The van der Waals surface area contributed by atoms with Crippen LogP contribution in [0.5, 0.6) is 17.2 Å². The van der Waals surface area contributed by atoms with Crippen LogP contribution >= 0.6 is 11.5 Å². The molecule has 0 aliphatic heterocycles. The predicted molar refractivity (Wildman–Crippen MR) is 89.7 cm³/mol. The molecule has 0 aliphatic carbocycles. The topological polar surface area (TPSA) is 71.5 Å². The summed E-state index contributed by atoms with van der Waals surface area (Å²) < 4.78 is 47.3. The van der Waals surface area contributed by atoms with Gasteiger partial charge in [0.25, 0.3) is 5.91 Å². The van der Waals surface area contributed by atoms with Crippen LogP contribution < -0.4 is 10.1 Å². The van der Waals surface area contributed by atoms with Gasteiger partial charge in [-0.25, -0.2) is 0 Å². The molecular weight excluding hydrogens is 369 g/mol. The van der Waals surface area contributed by atoms with E-state index in [9.17, 15) is 23.1 Å². The molecule has 0 atom stereocenters. The number of benzene rings is 2. The van der Waals surface area contributed by atoms with Crippen molar-refractivity contribution in [3.8, 4) is 17.2 Å². The van der Waals surface area contributed by atoms with E-state index in [2.05, 4.69) is 9.69 Å². The SMILES string of the molecule is O=C(Nc1ccc(Oc2cccc(C(F)(F)F)c2)cc1)c1nscc1O. The number of nitrogens with one attached hydrogen (secondary N) is 1. The summed E-state index contributed by atoms with van der Waals surface area (Å²) in [6, 6.07) is 10.6. The van der Waals surface area contributed by atoms with Crippen LogP contribution in [-0.2, 0) is 6.18 Å². The zero-order valence-electron chi connectivity index (χ0n) is 12.9. The van der Waals surface area contributed by atoms with Gasteiger partial charge < -0.3 is 15.2 Å². The van der Waals surface area contributed by atoms with Crippen LogP contribution in [0, 0.1) is 0 Å². The molecule has 3 aromatic rings. The minimum Gasteiger partial charge on any atom is -0.505 e. The van der Waals surface area contributed by atoms with Crippen molar-refractivity contribution in [1.29, 1.82) is 0 Å². The number of ether oxygens (including phenoxy) is 1. The molecule has 2 N–H and O–H groups in total. The van der Waals surface area contributed by atoms with Crippen molar-refractivity contribution in [2.75, 3.05) is 5.32 Å². The molecule has 0 aliphatic rings. The maximum Gasteiger partial charge on any atom is 0.416 e. The van der Waals surface area contributed by atoms with Gasteiger partial charge in [-0.1, -0.05) is 6.07 Å². The van der Waals surface area contributed by atoms with Crippen molar-refractivity contribution in [2.45, 2.75) is 6.18 Å². The molecule has 5 nitrogen and oxygen atoms in total. The van der Waals surface area contributed by atoms with Crippen molar-refractivity contribution < 1.29 is 27.8 Å². The fourth-order valence-corrected chi connectivity index (χ4v) is 2.60. The summed E-state index contributed by atoms with van der Waals surface area (Å²) in [6.45, 7) is 0. The average molecular weight is 380 g/mol. The van der Waals surface area contributed by atoms with Crippen molar-refractivity contribution in [3.05, 3.63) is 65.2 Å². The number of halogens is 3. The number of rotatable bonds is 4. The Morgan fingerprint density at radius 1 is 1.12 bits per heavy atom. The summed E-state index contributed by atoms with van der Waals surface area (Å²) in [6.07, 6.45) is -4.45. The third kappa shape index (κ3) is 4.12. The van der Waals surface area contributed by atoms with E-state index in [0.29, 0.717) is 11.4 Å². The molecule has 3 rings (SSSR count). The van der Waals surface area contributed by atoms with Gasteiger partial charge in [0, 0.05) is 5.69 Å². The van der Waals surface area contributed by atoms with Crippen LogP contribution in [-0.4, -0.2) is 15.4 Å². The van der Waals surface area contributed by atoms with Crippen molar-refractivity contribution in [2.24, 2.45) is 0 Å². The van der Waals surface area contributed by atoms with Gasteiger partial charge in [-0.2, -0.15) is 17.5 Å². The lowest BCUT2D eigenvalue weighted by Gasteiger charge is -2.10. The summed E-state index contributed by atoms with van der Waals surface area (Å²) in [5, 5.41) is 13.4. The van der Waals surface area contributed by atoms with E-state index in [4.69, 9.17) is 4.74 Å². The molecule has 1 aromatic heterocycles. The van der Waals surface area contributed by atoms with E-state index in [1.807, 2.05) is 0 Å². The van der Waals surface area contributed by atoms with Crippen LogP contribution in [0.15, 0.2) is 53.9 Å². The molecule has 9 heteroatoms. The van der Waals surface area contributed by atoms with Gasteiger partial charge in [0.1, 0.15) is 11.5 Å². The largest absolute Gasteiger partial charge is 0.505 e. The van der Waals surface area contributed by atoms with Gasteiger partial charge in [0.05, 0.1) is 10.9 Å². The Kier molecular flexibility index (Phi) is 4.81. The standard InChI is InChI=1S/C17H11F3N2O3S/c18-17(19,20)10-2-1-3-13(8-10)25-12-6-4-11(5-7-12)21-16(24)15-14(23)9-26-22-15/h1-9,23H,(H,21,24). The van der Waals surface area contributed by atoms with Gasteiger partial charge >= 0.3 is 6.18 Å². The molecule has 134 valence electrons. The third-order valence-corrected chi connectivity index (χ3v) is 3.89. The molecule has 0 radical (unpaired) electrons. The molecule has 0 unspecified atom stereocenters. The average Bonchev–Trinajstić information content (AvgIpc) is 3.02. The van der Waals surface area contributed by atoms with Crippen LogP contribution in [0.3, 0.4) is 0 Å². The highest BCUT2D eigenvalue weighted by atomic mass is 32.1. The van der Waals surface area contributed by atoms with Crippen LogP contribution in [0.4, 0.5) is 18.9 Å². The second kappa shape index (κ2) is 7.04. The highest BCUT2D eigenvalue weighted by Gasteiger charge is 2.30. The van der Waals surface area contributed by atoms with E-state index >= 15 is 0 Å². The zero-order valence-corrected chi connectivity index (χ0v) is 13.8. The molecule has 26 heavy (non-hydrogen) atoms. The van der Waals surface area contributed by atoms with E-state index in [1.165, 1.54) is 41.8 Å². The lowest BCUT2D eigenvalue weighted by Crippen LogP contribution is -2.12. The molecule has 1 amide bonds. The molecule has 0 saturated heterocycles. The molecule has 0 bridgehead atoms. The summed E-state index contributed by atoms with van der Waals surface area (Å²) in [4.78, 5) is 11.9. The molecule has 1 heterocycles. The fraction of sp³-hybridized carbons (Fsp3) is 0.0588. The summed E-state index contributed by atoms with van der Waals surface area (Å²) in [7, 11) is 0. The Bertz CT molecular complexity index is 924. The van der Waals surface area contributed by atoms with Gasteiger partial charge in [-0.3, -0.25) is 4.79 Å². The Morgan fingerprint density at radius 3 is 2.46 bits per heavy atom. The number of nitrogens with zero attached hydrogens (tertiary/aromatic N) is 1. The summed E-state index contributed by atoms with van der Waals surface area (Å²) in [5.74, 6) is -0.435. The van der Waals surface area contributed by atoms with E-state index in [0.717, 1.165) is 23.7 Å². The van der Waals surface area contributed by atoms with Gasteiger partial charge in [-0.05, 0) is 54.0 Å².